The van der Waals surface area contributed by atoms with Crippen molar-refractivity contribution in [2.45, 2.75) is 165 Å². The van der Waals surface area contributed by atoms with Crippen LogP contribution in [-0.4, -0.2) is 105 Å². The number of anilines is 3. The number of nitrogens with zero attached hydrogens (tertiary/aromatic N) is 6. The van der Waals surface area contributed by atoms with Gasteiger partial charge in [-0.3, -0.25) is 9.59 Å². The van der Waals surface area contributed by atoms with Gasteiger partial charge in [0.05, 0.1) is 45.1 Å². The number of nitrogens with one attached hydrogen (secondary N) is 2. The molecule has 5 aliphatic rings. The highest BCUT2D eigenvalue weighted by atomic mass is 127. The molecule has 0 fully saturated rings. The third kappa shape index (κ3) is 28.1. The fourth-order valence-corrected chi connectivity index (χ4v) is 23.8. The van der Waals surface area contributed by atoms with Gasteiger partial charge in [-0.15, -0.1) is 47.0 Å². The zero-order chi connectivity index (χ0) is 88.0. The van der Waals surface area contributed by atoms with Crippen LogP contribution in [0.15, 0.2) is 278 Å². The van der Waals surface area contributed by atoms with Crippen LogP contribution in [0.3, 0.4) is 0 Å². The van der Waals surface area contributed by atoms with Crippen molar-refractivity contribution in [2.24, 2.45) is 5.92 Å². The molecule has 0 spiro atoms. The standard InChI is InChI=1S/C34H40N4O4S4.C33H36N2O4S2.C32H35N2S4.HI/c1-24(6-4-8-31-37(20-18-35-16-14-33(39)40)27-22-25(43-2)10-12-29(27)45-31)7-5-9-32-38(21-19-36-17-15-34(41)42)28-23-26(44-3)11-13-30(28)46-32;36-32(37)22-8-4-14-24-34-26-16-10-12-18-28(26)40-30(34)20-6-2-1-3-7-21-31-35(25-15-5-9-23-33(38)39)27-17-11-13-19-29(27)41-31;1-5-33-27-19-25(35-3)11-13-29(27)37-31(33)17-21-7-9-23-10-8-22(16-24(23)15-21)18-32-34(6-2)28-20-26(36-4)12-14-30(28)38-32;/h4-13,22-23,35-36H,14-21H2,1-3H3,(H-,39,40,41,42);1-3,6-7,10-13,16-21H,4-5,8-9,14-15,22-25H2,(H-,36,37,38,39);11-20,23H,5-10H2,1-4H3;1H/q;;+1;/p-1. The lowest BCUT2D eigenvalue weighted by molar-refractivity contribution is -0.669. The first-order valence-corrected chi connectivity index (χ1v) is 52.5. The number of thioether (sulfide) groups is 7. The molecule has 662 valence electrons. The lowest BCUT2D eigenvalue weighted by Crippen LogP contribution is -3.00. The molecular weight excluding hydrogens is 1880 g/mol. The van der Waals surface area contributed by atoms with Gasteiger partial charge in [-0.2, -0.15) is 13.7 Å². The van der Waals surface area contributed by atoms with Gasteiger partial charge in [0.25, 0.3) is 15.0 Å². The summed E-state index contributed by atoms with van der Waals surface area (Å²) < 4.78 is 10.9. The van der Waals surface area contributed by atoms with E-state index in [2.05, 4.69) is 291 Å². The fourth-order valence-electron chi connectivity index (χ4n) is 15.3. The summed E-state index contributed by atoms with van der Waals surface area (Å²) in [5.41, 5.74) is 13.1. The summed E-state index contributed by atoms with van der Waals surface area (Å²) in [6.07, 6.45) is 55.8. The average molecular weight is 1990 g/mol. The Labute approximate surface area is 801 Å². The molecule has 2 aliphatic carbocycles. The van der Waals surface area contributed by atoms with Crippen molar-refractivity contribution in [1.82, 2.24) is 10.6 Å². The second-order valence-corrected chi connectivity index (χ2v) is 40.1. The number of rotatable bonds is 40. The summed E-state index contributed by atoms with van der Waals surface area (Å²) in [7, 11) is 0. The predicted molar refractivity (Wildman–Crippen MR) is 530 cm³/mol. The molecule has 27 heteroatoms. The minimum Gasteiger partial charge on any atom is -1.00 e. The van der Waals surface area contributed by atoms with Gasteiger partial charge < -0.3 is 79.3 Å². The van der Waals surface area contributed by atoms with Crippen LogP contribution in [0.1, 0.15) is 126 Å². The molecule has 6 aromatic carbocycles. The molecule has 6 heterocycles. The van der Waals surface area contributed by atoms with E-state index in [-0.39, 0.29) is 49.7 Å². The van der Waals surface area contributed by atoms with E-state index in [1.165, 1.54) is 144 Å². The normalized spacial score (nSPS) is 16.3. The molecular formula is C99H111IN8O8S10. The Morgan fingerprint density at radius 3 is 1.72 bits per heavy atom. The SMILES string of the molecule is CCN1/C(=C/C2=CC3=C/C(=C/c4sc5ccc(SC)cc5[n+]4CC)CCC3CC2)Sc2ccc(SC)cc21.CSc1ccc2c(c1)N(CCNCCC(=O)[O-])C(=CC=CC(C)=CC=Cc1sc3ccc(SC)cc3[n+]1CCNCCC(=O)O)S2.O=C([O-])CCCCC[n+]1c(/C=C/C=C/C=C/C=C2\Sc3ccccc3N2CCCCCC(=O)O)sc2ccccc21.[I-]. The number of benzene rings is 6. The summed E-state index contributed by atoms with van der Waals surface area (Å²) in [6.45, 7) is 14.0. The van der Waals surface area contributed by atoms with E-state index in [1.807, 2.05) is 64.9 Å². The monoisotopic (exact) mass is 1990 g/mol. The van der Waals surface area contributed by atoms with E-state index in [9.17, 15) is 29.4 Å². The molecule has 0 amide bonds. The summed E-state index contributed by atoms with van der Waals surface area (Å²) >= 11 is 17.9. The number of unbranched alkanes of at least 4 members (excludes halogenated alkanes) is 4. The number of aryl methyl sites for hydroxylation is 2. The van der Waals surface area contributed by atoms with Crippen LogP contribution in [0, 0.1) is 5.92 Å². The Hall–Kier alpha value is -7.75. The Bertz CT molecular complexity index is 5710. The number of hydrogen-bond donors (Lipinski definition) is 4. The first kappa shape index (κ1) is 98.8. The molecule has 1 atom stereocenters. The molecule has 16 nitrogen and oxygen atoms in total. The first-order chi connectivity index (χ1) is 60.9. The highest BCUT2D eigenvalue weighted by Crippen LogP contribution is 2.51. The molecule has 1 unspecified atom stereocenters. The third-order valence-electron chi connectivity index (χ3n) is 21.7. The topological polar surface area (TPSA) is 200 Å². The van der Waals surface area contributed by atoms with Crippen molar-refractivity contribution in [3.63, 3.8) is 0 Å². The summed E-state index contributed by atoms with van der Waals surface area (Å²) in [5.74, 6) is -2.84. The van der Waals surface area contributed by atoms with Gasteiger partial charge in [0, 0.05) is 135 Å². The van der Waals surface area contributed by atoms with Crippen LogP contribution in [-0.2, 0) is 38.8 Å². The number of carbonyl (C=O) groups excluding carboxylic acids is 2. The number of para-hydroxylation sites is 2. The van der Waals surface area contributed by atoms with Gasteiger partial charge in [-0.25, -0.2) is 0 Å². The molecule has 14 rings (SSSR count). The maximum atomic E-state index is 10.9. The number of halogens is 1. The van der Waals surface area contributed by atoms with Crippen LogP contribution in [0.2, 0.25) is 0 Å². The average Bonchev–Trinajstić information content (AvgIpc) is 1.59. The Balaban J connectivity index is 0.000000183. The van der Waals surface area contributed by atoms with Gasteiger partial charge in [0.2, 0.25) is 16.6 Å². The number of aromatic nitrogens is 3. The molecule has 0 bridgehead atoms. The molecule has 3 aliphatic heterocycles. The summed E-state index contributed by atoms with van der Waals surface area (Å²) in [6, 6.07) is 43.6. The van der Waals surface area contributed by atoms with Crippen LogP contribution in [0.5, 0.6) is 0 Å². The molecule has 0 saturated heterocycles. The van der Waals surface area contributed by atoms with Gasteiger partial charge in [0.1, 0.15) is 20.6 Å². The second-order valence-electron chi connectivity index (χ2n) is 30.3. The zero-order valence-electron chi connectivity index (χ0n) is 72.4. The maximum Gasteiger partial charge on any atom is 0.304 e. The van der Waals surface area contributed by atoms with Crippen LogP contribution in [0.4, 0.5) is 17.1 Å². The van der Waals surface area contributed by atoms with E-state index < -0.39 is 23.9 Å². The second kappa shape index (κ2) is 51.0. The van der Waals surface area contributed by atoms with E-state index in [1.54, 1.807) is 69.7 Å². The molecule has 3 aromatic heterocycles. The zero-order valence-corrected chi connectivity index (χ0v) is 82.7. The quantitative estimate of drug-likeness (QED) is 0.00928. The van der Waals surface area contributed by atoms with E-state index in [0.29, 0.717) is 44.9 Å². The summed E-state index contributed by atoms with van der Waals surface area (Å²) in [5, 5.41) is 53.0. The third-order valence-corrected chi connectivity index (χ3v) is 31.4. The summed E-state index contributed by atoms with van der Waals surface area (Å²) in [4.78, 5) is 59.1. The van der Waals surface area contributed by atoms with Gasteiger partial charge in [-0.1, -0.05) is 172 Å². The molecule has 9 aromatic rings. The molecule has 4 N–H and O–H groups in total. The van der Waals surface area contributed by atoms with Crippen LogP contribution < -0.4 is 73.2 Å². The number of carboxylic acid groups (broad SMARTS) is 4. The van der Waals surface area contributed by atoms with Crippen molar-refractivity contribution in [1.29, 1.82) is 0 Å². The number of fused-ring (bicyclic) bond motifs is 7. The Morgan fingerprint density at radius 1 is 0.492 bits per heavy atom. The van der Waals surface area contributed by atoms with Crippen LogP contribution >= 0.6 is 116 Å². The van der Waals surface area contributed by atoms with Crippen molar-refractivity contribution in [2.75, 3.05) is 85.5 Å². The fraction of sp³-hybridized carbons (Fsp3) is 0.323. The number of thiazole rings is 3. The highest BCUT2D eigenvalue weighted by Gasteiger charge is 2.31. The minimum atomic E-state index is -1.04. The van der Waals surface area contributed by atoms with E-state index in [0.717, 1.165) is 80.6 Å². The van der Waals surface area contributed by atoms with E-state index >= 15 is 0 Å². The largest absolute Gasteiger partial charge is 1.00 e. The van der Waals surface area contributed by atoms with Crippen molar-refractivity contribution in [3.8, 4) is 0 Å². The van der Waals surface area contributed by atoms with Gasteiger partial charge >= 0.3 is 11.9 Å². The van der Waals surface area contributed by atoms with Crippen molar-refractivity contribution in [3.05, 3.63) is 259 Å². The van der Waals surface area contributed by atoms with Gasteiger partial charge in [-0.05, 0) is 230 Å². The molecule has 0 saturated carbocycles. The Kier molecular flexibility index (Phi) is 40.0. The van der Waals surface area contributed by atoms with Crippen molar-refractivity contribution >= 4 is 206 Å². The number of carbonyl (C=O) groups is 4. The first-order valence-electron chi connectivity index (χ1n) is 42.7. The minimum absolute atomic E-state index is 0. The van der Waals surface area contributed by atoms with Gasteiger partial charge in [0.15, 0.2) is 13.1 Å². The van der Waals surface area contributed by atoms with Crippen molar-refractivity contribution < 1.29 is 77.3 Å². The number of carboxylic acids is 4. The lowest BCUT2D eigenvalue weighted by Gasteiger charge is -2.28. The Morgan fingerprint density at radius 2 is 1.04 bits per heavy atom. The number of aliphatic carboxylic acids is 4. The number of allylic oxidation sites excluding steroid dienone is 18. The maximum absolute atomic E-state index is 10.9. The highest BCUT2D eigenvalue weighted by molar-refractivity contribution is 8.04. The molecule has 126 heavy (non-hydrogen) atoms. The van der Waals surface area contributed by atoms with E-state index in [4.69, 9.17) is 10.2 Å². The number of hydrogen-bond acceptors (Lipinski definition) is 21. The lowest BCUT2D eigenvalue weighted by atomic mass is 9.77. The predicted octanol–water partition coefficient (Wildman–Crippen LogP) is 18.7. The van der Waals surface area contributed by atoms with Crippen LogP contribution in [0.25, 0.3) is 48.9 Å². The molecule has 0 radical (unpaired) electrons. The smallest absolute Gasteiger partial charge is 0.304 e.